The predicted octanol–water partition coefficient (Wildman–Crippen LogP) is 3.59. The first kappa shape index (κ1) is 7.35. The third-order valence-electron chi connectivity index (χ3n) is 2.42. The minimum atomic E-state index is 1.33. The third-order valence-corrected chi connectivity index (χ3v) is 2.42. The van der Waals surface area contributed by atoms with E-state index in [1.807, 2.05) is 0 Å². The minimum Gasteiger partial charge on any atom is -0.0841 e. The Kier molecular flexibility index (Phi) is 1.61. The summed E-state index contributed by atoms with van der Waals surface area (Å²) in [6.07, 6.45) is 6.44. The summed E-state index contributed by atoms with van der Waals surface area (Å²) < 4.78 is 0. The standard InChI is InChI=1S/C12H12/c1-3-9(2)11-6-4-10-5-7-12(10)8-11/h3-8H,1-2H3. The molecule has 0 aliphatic heterocycles. The number of benzene rings is 1. The fourth-order valence-corrected chi connectivity index (χ4v) is 1.37. The fraction of sp³-hybridized carbons (Fsp3) is 0.167. The highest BCUT2D eigenvalue weighted by molar-refractivity contribution is 5.87. The smallest absolute Gasteiger partial charge is 0.0178 e. The SMILES string of the molecule is CC=C(C)c1ccc2c(c1)C=C2. The van der Waals surface area contributed by atoms with Crippen LogP contribution < -0.4 is 0 Å². The number of hydrogen-bond acceptors (Lipinski definition) is 0. The zero-order valence-corrected chi connectivity index (χ0v) is 7.46. The van der Waals surface area contributed by atoms with Gasteiger partial charge in [0.25, 0.3) is 0 Å². The van der Waals surface area contributed by atoms with E-state index < -0.39 is 0 Å². The van der Waals surface area contributed by atoms with Crippen LogP contribution in [0.15, 0.2) is 24.3 Å². The molecule has 0 saturated heterocycles. The van der Waals surface area contributed by atoms with Gasteiger partial charge < -0.3 is 0 Å². The van der Waals surface area contributed by atoms with Crippen LogP contribution in [-0.4, -0.2) is 0 Å². The molecule has 12 heavy (non-hydrogen) atoms. The largest absolute Gasteiger partial charge is 0.0841 e. The predicted molar refractivity (Wildman–Crippen MR) is 54.7 cm³/mol. The van der Waals surface area contributed by atoms with E-state index in [0.717, 1.165) is 0 Å². The van der Waals surface area contributed by atoms with Crippen molar-refractivity contribution in [3.63, 3.8) is 0 Å². The topological polar surface area (TPSA) is 0 Å². The molecule has 0 heteroatoms. The summed E-state index contributed by atoms with van der Waals surface area (Å²) in [7, 11) is 0. The van der Waals surface area contributed by atoms with Crippen molar-refractivity contribution in [1.29, 1.82) is 0 Å². The second-order valence-electron chi connectivity index (χ2n) is 3.15. The summed E-state index contributed by atoms with van der Waals surface area (Å²) in [5.41, 5.74) is 5.41. The Balaban J connectivity index is 2.44. The maximum Gasteiger partial charge on any atom is -0.0178 e. The van der Waals surface area contributed by atoms with Gasteiger partial charge in [-0.15, -0.1) is 0 Å². The highest BCUT2D eigenvalue weighted by Crippen LogP contribution is 2.26. The molecule has 0 nitrogen and oxygen atoms in total. The quantitative estimate of drug-likeness (QED) is 0.591. The van der Waals surface area contributed by atoms with Gasteiger partial charge in [-0.3, -0.25) is 0 Å². The molecule has 1 aliphatic rings. The Morgan fingerprint density at radius 3 is 2.42 bits per heavy atom. The van der Waals surface area contributed by atoms with Crippen molar-refractivity contribution < 1.29 is 0 Å². The number of fused-ring (bicyclic) bond motifs is 1. The summed E-state index contributed by atoms with van der Waals surface area (Å²) in [6.45, 7) is 4.22. The van der Waals surface area contributed by atoms with Crippen molar-refractivity contribution >= 4 is 17.7 Å². The van der Waals surface area contributed by atoms with Crippen LogP contribution in [0.4, 0.5) is 0 Å². The molecule has 60 valence electrons. The molecule has 0 N–H and O–H groups in total. The second-order valence-corrected chi connectivity index (χ2v) is 3.15. The first-order valence-corrected chi connectivity index (χ1v) is 4.26. The maximum absolute atomic E-state index is 2.24. The van der Waals surface area contributed by atoms with E-state index in [9.17, 15) is 0 Å². The lowest BCUT2D eigenvalue weighted by Gasteiger charge is -2.11. The number of hydrogen-bond donors (Lipinski definition) is 0. The summed E-state index contributed by atoms with van der Waals surface area (Å²) in [4.78, 5) is 0. The van der Waals surface area contributed by atoms with Crippen molar-refractivity contribution in [1.82, 2.24) is 0 Å². The average Bonchev–Trinajstić information content (AvgIpc) is 2.06. The molecule has 0 bridgehead atoms. The Bertz CT molecular complexity index is 368. The molecule has 0 spiro atoms. The van der Waals surface area contributed by atoms with Gasteiger partial charge in [-0.1, -0.05) is 30.4 Å². The van der Waals surface area contributed by atoms with Gasteiger partial charge in [0, 0.05) is 0 Å². The van der Waals surface area contributed by atoms with Crippen molar-refractivity contribution in [3.8, 4) is 0 Å². The molecule has 0 aromatic heterocycles. The molecule has 0 fully saturated rings. The van der Waals surface area contributed by atoms with Gasteiger partial charge in [-0.25, -0.2) is 0 Å². The zero-order valence-electron chi connectivity index (χ0n) is 7.46. The summed E-state index contributed by atoms with van der Waals surface area (Å²) in [5, 5.41) is 0. The third kappa shape index (κ3) is 1.00. The molecule has 2 rings (SSSR count). The van der Waals surface area contributed by atoms with Crippen LogP contribution in [0.3, 0.4) is 0 Å². The van der Waals surface area contributed by atoms with Crippen molar-refractivity contribution in [2.45, 2.75) is 13.8 Å². The molecule has 0 saturated carbocycles. The second kappa shape index (κ2) is 2.63. The van der Waals surface area contributed by atoms with Crippen molar-refractivity contribution in [3.05, 3.63) is 41.0 Å². The van der Waals surface area contributed by atoms with E-state index in [0.29, 0.717) is 0 Å². The van der Waals surface area contributed by atoms with Gasteiger partial charge in [-0.2, -0.15) is 0 Å². The Morgan fingerprint density at radius 2 is 1.92 bits per heavy atom. The highest BCUT2D eigenvalue weighted by atomic mass is 14.1. The van der Waals surface area contributed by atoms with Crippen LogP contribution in [0, 0.1) is 0 Å². The van der Waals surface area contributed by atoms with E-state index in [-0.39, 0.29) is 0 Å². The summed E-state index contributed by atoms with van der Waals surface area (Å²) in [6, 6.07) is 6.60. The van der Waals surface area contributed by atoms with E-state index >= 15 is 0 Å². The van der Waals surface area contributed by atoms with Crippen molar-refractivity contribution in [2.24, 2.45) is 0 Å². The van der Waals surface area contributed by atoms with Gasteiger partial charge in [0.1, 0.15) is 0 Å². The maximum atomic E-state index is 2.24. The zero-order chi connectivity index (χ0) is 8.55. The number of allylic oxidation sites excluding steroid dienone is 2. The van der Waals surface area contributed by atoms with E-state index in [1.165, 1.54) is 22.3 Å². The van der Waals surface area contributed by atoms with Gasteiger partial charge in [0.05, 0.1) is 0 Å². The molecule has 0 radical (unpaired) electrons. The lowest BCUT2D eigenvalue weighted by Crippen LogP contribution is -1.90. The van der Waals surface area contributed by atoms with E-state index in [4.69, 9.17) is 0 Å². The Hall–Kier alpha value is -1.30. The van der Waals surface area contributed by atoms with Crippen molar-refractivity contribution in [2.75, 3.05) is 0 Å². The Labute approximate surface area is 73.2 Å². The summed E-state index contributed by atoms with van der Waals surface area (Å²) >= 11 is 0. The minimum absolute atomic E-state index is 1.33. The van der Waals surface area contributed by atoms with Crippen LogP contribution in [-0.2, 0) is 0 Å². The van der Waals surface area contributed by atoms with E-state index in [2.05, 4.69) is 50.3 Å². The molecular weight excluding hydrogens is 144 g/mol. The monoisotopic (exact) mass is 156 g/mol. The molecule has 0 unspecified atom stereocenters. The molecular formula is C12H12. The Morgan fingerprint density at radius 1 is 1.17 bits per heavy atom. The molecule has 1 aromatic rings. The molecule has 0 atom stereocenters. The lowest BCUT2D eigenvalue weighted by atomic mass is 9.93. The molecule has 0 amide bonds. The normalized spacial score (nSPS) is 14.0. The van der Waals surface area contributed by atoms with Crippen LogP contribution >= 0.6 is 0 Å². The van der Waals surface area contributed by atoms with Crippen LogP contribution in [0.2, 0.25) is 0 Å². The number of rotatable bonds is 1. The molecule has 0 heterocycles. The van der Waals surface area contributed by atoms with Gasteiger partial charge in [0.15, 0.2) is 0 Å². The molecule has 1 aromatic carbocycles. The van der Waals surface area contributed by atoms with Crippen LogP contribution in [0.1, 0.15) is 30.5 Å². The van der Waals surface area contributed by atoms with Crippen LogP contribution in [0.25, 0.3) is 17.7 Å². The first-order chi connectivity index (χ1) is 5.81. The van der Waals surface area contributed by atoms with Gasteiger partial charge in [-0.05, 0) is 42.2 Å². The lowest BCUT2D eigenvalue weighted by molar-refractivity contribution is 1.49. The highest BCUT2D eigenvalue weighted by Gasteiger charge is 2.05. The summed E-state index contributed by atoms with van der Waals surface area (Å²) in [5.74, 6) is 0. The van der Waals surface area contributed by atoms with Crippen LogP contribution in [0.5, 0.6) is 0 Å². The first-order valence-electron chi connectivity index (χ1n) is 4.26. The van der Waals surface area contributed by atoms with E-state index in [1.54, 1.807) is 0 Å². The fourth-order valence-electron chi connectivity index (χ4n) is 1.37. The molecule has 1 aliphatic carbocycles. The average molecular weight is 156 g/mol. The van der Waals surface area contributed by atoms with Gasteiger partial charge >= 0.3 is 0 Å². The van der Waals surface area contributed by atoms with Gasteiger partial charge in [0.2, 0.25) is 0 Å².